The molecule has 0 aromatic carbocycles. The summed E-state index contributed by atoms with van der Waals surface area (Å²) in [6.07, 6.45) is 0. The van der Waals surface area contributed by atoms with Crippen molar-refractivity contribution in [3.63, 3.8) is 0 Å². The Kier molecular flexibility index (Phi) is 1.34. The normalized spacial score (nSPS) is 34.2. The number of carbonyl (C=O) groups excluding carboxylic acids is 2. The fourth-order valence-electron chi connectivity index (χ4n) is 1.87. The maximum atomic E-state index is 11.4. The van der Waals surface area contributed by atoms with Crippen molar-refractivity contribution in [1.29, 1.82) is 0 Å². The largest absolute Gasteiger partial charge is 0.293 e. The summed E-state index contributed by atoms with van der Waals surface area (Å²) in [4.78, 5) is 28.1. The van der Waals surface area contributed by atoms with Gasteiger partial charge < -0.3 is 0 Å². The number of hydrogen-bond donors (Lipinski definition) is 0. The van der Waals surface area contributed by atoms with Gasteiger partial charge in [-0.05, 0) is 6.92 Å². The Morgan fingerprint density at radius 1 is 1.42 bits per heavy atom. The van der Waals surface area contributed by atoms with E-state index in [0.29, 0.717) is 6.54 Å². The highest BCUT2D eigenvalue weighted by Gasteiger charge is 2.49. The van der Waals surface area contributed by atoms with E-state index in [9.17, 15) is 9.59 Å². The van der Waals surface area contributed by atoms with Crippen LogP contribution in [-0.2, 0) is 9.59 Å². The summed E-state index contributed by atoms with van der Waals surface area (Å²) in [5.74, 6) is -0.612. The molecule has 0 N–H and O–H groups in total. The van der Waals surface area contributed by atoms with Crippen molar-refractivity contribution in [1.82, 2.24) is 4.90 Å². The van der Waals surface area contributed by atoms with Crippen LogP contribution in [0.3, 0.4) is 0 Å². The van der Waals surface area contributed by atoms with Gasteiger partial charge in [0.15, 0.2) is 0 Å². The van der Waals surface area contributed by atoms with E-state index >= 15 is 0 Å². The second-order valence-corrected chi connectivity index (χ2v) is 3.30. The van der Waals surface area contributed by atoms with Crippen LogP contribution in [0, 0.1) is 11.8 Å². The summed E-state index contributed by atoms with van der Waals surface area (Å²) in [5.41, 5.74) is 0.808. The molecule has 2 aliphatic heterocycles. The lowest BCUT2D eigenvalue weighted by Gasteiger charge is -2.06. The van der Waals surface area contributed by atoms with Crippen LogP contribution >= 0.6 is 0 Å². The SMILES string of the molecule is CC1=NCC2C(=O)N(C)C(=O)C12. The van der Waals surface area contributed by atoms with Gasteiger partial charge in [-0.15, -0.1) is 0 Å². The number of fused-ring (bicyclic) bond motifs is 1. The summed E-state index contributed by atoms with van der Waals surface area (Å²) in [6.45, 7) is 2.31. The van der Waals surface area contributed by atoms with Gasteiger partial charge in [0.25, 0.3) is 0 Å². The minimum Gasteiger partial charge on any atom is -0.293 e. The molecule has 2 amide bonds. The lowest BCUT2D eigenvalue weighted by molar-refractivity contribution is -0.137. The van der Waals surface area contributed by atoms with Gasteiger partial charge in [-0.3, -0.25) is 19.5 Å². The second kappa shape index (κ2) is 2.15. The second-order valence-electron chi connectivity index (χ2n) is 3.30. The van der Waals surface area contributed by atoms with Gasteiger partial charge in [-0.1, -0.05) is 0 Å². The minimum atomic E-state index is -0.248. The predicted octanol–water partition coefficient (Wildman–Crippen LogP) is -0.308. The molecule has 2 aliphatic rings. The van der Waals surface area contributed by atoms with Crippen molar-refractivity contribution < 1.29 is 9.59 Å². The Morgan fingerprint density at radius 3 is 2.67 bits per heavy atom. The molecule has 12 heavy (non-hydrogen) atoms. The van der Waals surface area contributed by atoms with E-state index in [4.69, 9.17) is 0 Å². The van der Waals surface area contributed by atoms with Gasteiger partial charge in [0, 0.05) is 12.8 Å². The Morgan fingerprint density at radius 2 is 2.08 bits per heavy atom. The van der Waals surface area contributed by atoms with Crippen molar-refractivity contribution in [2.75, 3.05) is 13.6 Å². The summed E-state index contributed by atoms with van der Waals surface area (Å²) < 4.78 is 0. The number of aliphatic imine (C=N–C) groups is 1. The fourth-order valence-corrected chi connectivity index (χ4v) is 1.87. The molecule has 0 radical (unpaired) electrons. The van der Waals surface area contributed by atoms with Gasteiger partial charge in [-0.25, -0.2) is 0 Å². The molecule has 0 spiro atoms. The summed E-state index contributed by atoms with van der Waals surface area (Å²) in [5, 5.41) is 0. The number of likely N-dealkylation sites (tertiary alicyclic amines) is 1. The highest BCUT2D eigenvalue weighted by atomic mass is 16.2. The van der Waals surface area contributed by atoms with Crippen LogP contribution < -0.4 is 0 Å². The number of nitrogens with zero attached hydrogens (tertiary/aromatic N) is 2. The highest BCUT2D eigenvalue weighted by molar-refractivity contribution is 6.17. The third-order valence-electron chi connectivity index (χ3n) is 2.63. The monoisotopic (exact) mass is 166 g/mol. The van der Waals surface area contributed by atoms with E-state index in [1.165, 1.54) is 11.9 Å². The molecule has 64 valence electrons. The molecule has 2 unspecified atom stereocenters. The van der Waals surface area contributed by atoms with Crippen molar-refractivity contribution in [2.24, 2.45) is 16.8 Å². The molecular formula is C8H10N2O2. The van der Waals surface area contributed by atoms with Crippen LogP contribution in [0.5, 0.6) is 0 Å². The molecule has 0 aliphatic carbocycles. The van der Waals surface area contributed by atoms with Gasteiger partial charge in [0.1, 0.15) is 0 Å². The molecule has 2 heterocycles. The number of imide groups is 1. The molecule has 4 nitrogen and oxygen atoms in total. The van der Waals surface area contributed by atoms with E-state index in [-0.39, 0.29) is 23.7 Å². The first-order valence-electron chi connectivity index (χ1n) is 3.95. The molecule has 0 aromatic heterocycles. The maximum absolute atomic E-state index is 11.4. The molecule has 0 aromatic rings. The Bertz CT molecular complexity index is 295. The lowest BCUT2D eigenvalue weighted by Crippen LogP contribution is -2.28. The van der Waals surface area contributed by atoms with Crippen molar-refractivity contribution >= 4 is 17.5 Å². The maximum Gasteiger partial charge on any atom is 0.238 e. The van der Waals surface area contributed by atoms with Crippen LogP contribution in [0.2, 0.25) is 0 Å². The molecule has 2 rings (SSSR count). The summed E-state index contributed by atoms with van der Waals surface area (Å²) in [7, 11) is 1.54. The third kappa shape index (κ3) is 0.695. The zero-order chi connectivity index (χ0) is 8.88. The first-order chi connectivity index (χ1) is 5.63. The molecule has 4 heteroatoms. The zero-order valence-electron chi connectivity index (χ0n) is 7.07. The average molecular weight is 166 g/mol. The quantitative estimate of drug-likeness (QED) is 0.463. The minimum absolute atomic E-state index is 0.0781. The van der Waals surface area contributed by atoms with E-state index in [2.05, 4.69) is 4.99 Å². The van der Waals surface area contributed by atoms with Gasteiger partial charge in [0.05, 0.1) is 18.4 Å². The van der Waals surface area contributed by atoms with Crippen LogP contribution in [0.15, 0.2) is 4.99 Å². The molecular weight excluding hydrogens is 156 g/mol. The first kappa shape index (κ1) is 7.46. The standard InChI is InChI=1S/C8H10N2O2/c1-4-6-5(3-9-4)7(11)10(2)8(6)12/h5-6H,3H2,1-2H3. The Balaban J connectivity index is 2.38. The van der Waals surface area contributed by atoms with Crippen LogP contribution in [0.4, 0.5) is 0 Å². The topological polar surface area (TPSA) is 49.7 Å². The van der Waals surface area contributed by atoms with Crippen molar-refractivity contribution in [2.45, 2.75) is 6.92 Å². The molecule has 2 atom stereocenters. The molecule has 0 bridgehead atoms. The molecule has 1 saturated heterocycles. The van der Waals surface area contributed by atoms with Crippen LogP contribution in [0.25, 0.3) is 0 Å². The summed E-state index contributed by atoms with van der Waals surface area (Å²) in [6, 6.07) is 0. The first-order valence-corrected chi connectivity index (χ1v) is 3.95. The van der Waals surface area contributed by atoms with Crippen molar-refractivity contribution in [3.8, 4) is 0 Å². The van der Waals surface area contributed by atoms with E-state index < -0.39 is 0 Å². The van der Waals surface area contributed by atoms with Crippen LogP contribution in [0.1, 0.15) is 6.92 Å². The van der Waals surface area contributed by atoms with Crippen molar-refractivity contribution in [3.05, 3.63) is 0 Å². The Hall–Kier alpha value is -1.19. The summed E-state index contributed by atoms with van der Waals surface area (Å²) >= 11 is 0. The van der Waals surface area contributed by atoms with E-state index in [1.807, 2.05) is 6.92 Å². The van der Waals surface area contributed by atoms with E-state index in [0.717, 1.165) is 5.71 Å². The highest BCUT2D eigenvalue weighted by Crippen LogP contribution is 2.30. The lowest BCUT2D eigenvalue weighted by atomic mass is 9.95. The van der Waals surface area contributed by atoms with E-state index in [1.54, 1.807) is 0 Å². The smallest absolute Gasteiger partial charge is 0.238 e. The average Bonchev–Trinajstić information content (AvgIpc) is 2.51. The third-order valence-corrected chi connectivity index (χ3v) is 2.63. The number of hydrogen-bond acceptors (Lipinski definition) is 3. The number of amides is 2. The van der Waals surface area contributed by atoms with Crippen LogP contribution in [-0.4, -0.2) is 36.0 Å². The predicted molar refractivity (Wildman–Crippen MR) is 42.7 cm³/mol. The zero-order valence-corrected chi connectivity index (χ0v) is 7.07. The number of rotatable bonds is 0. The van der Waals surface area contributed by atoms with Gasteiger partial charge in [0.2, 0.25) is 11.8 Å². The fraction of sp³-hybridized carbons (Fsp3) is 0.625. The molecule has 1 fully saturated rings. The van der Waals surface area contributed by atoms with Gasteiger partial charge >= 0.3 is 0 Å². The van der Waals surface area contributed by atoms with Gasteiger partial charge in [-0.2, -0.15) is 0 Å². The Labute approximate surface area is 70.3 Å². The number of carbonyl (C=O) groups is 2. The molecule has 0 saturated carbocycles.